The van der Waals surface area contributed by atoms with Crippen LogP contribution in [-0.4, -0.2) is 25.6 Å². The Kier molecular flexibility index (Phi) is 2.76. The maximum Gasteiger partial charge on any atom is 0.314 e. The first kappa shape index (κ1) is 13.0. The van der Waals surface area contributed by atoms with E-state index in [0.717, 1.165) is 41.7 Å². The number of carboxylic acid groups (broad SMARTS) is 1. The predicted octanol–water partition coefficient (Wildman–Crippen LogP) is 2.93. The minimum Gasteiger partial charge on any atom is -0.481 e. The zero-order chi connectivity index (χ0) is 15.2. The third kappa shape index (κ3) is 1.75. The van der Waals surface area contributed by atoms with Crippen LogP contribution in [0.4, 0.5) is 0 Å². The SMILES string of the molecule is O=C(O)C1(c2ccc(-n3cnc4cccnc43)cc2)CCC1. The van der Waals surface area contributed by atoms with Crippen LogP contribution in [0.25, 0.3) is 16.9 Å². The Morgan fingerprint density at radius 2 is 1.91 bits per heavy atom. The first-order valence-electron chi connectivity index (χ1n) is 7.33. The number of hydrogen-bond acceptors (Lipinski definition) is 3. The van der Waals surface area contributed by atoms with Crippen molar-refractivity contribution in [3.63, 3.8) is 0 Å². The van der Waals surface area contributed by atoms with Crippen LogP contribution >= 0.6 is 0 Å². The molecule has 5 heteroatoms. The summed E-state index contributed by atoms with van der Waals surface area (Å²) >= 11 is 0. The maximum atomic E-state index is 11.6. The van der Waals surface area contributed by atoms with E-state index in [9.17, 15) is 9.90 Å². The largest absolute Gasteiger partial charge is 0.481 e. The Bertz CT molecular complexity index is 848. The molecular weight excluding hydrogens is 278 g/mol. The highest BCUT2D eigenvalue weighted by Gasteiger charge is 2.45. The highest BCUT2D eigenvalue weighted by atomic mass is 16.4. The minimum absolute atomic E-state index is 0.687. The molecular formula is C17H15N3O2. The van der Waals surface area contributed by atoms with Gasteiger partial charge in [-0.25, -0.2) is 9.97 Å². The van der Waals surface area contributed by atoms with Crippen LogP contribution in [0.5, 0.6) is 0 Å². The molecule has 1 fully saturated rings. The summed E-state index contributed by atoms with van der Waals surface area (Å²) in [6.45, 7) is 0. The first-order chi connectivity index (χ1) is 10.7. The normalized spacial score (nSPS) is 16.4. The molecule has 2 heterocycles. The van der Waals surface area contributed by atoms with E-state index in [4.69, 9.17) is 0 Å². The molecule has 110 valence electrons. The van der Waals surface area contributed by atoms with Gasteiger partial charge in [-0.1, -0.05) is 18.6 Å². The van der Waals surface area contributed by atoms with Gasteiger partial charge in [-0.2, -0.15) is 0 Å². The first-order valence-corrected chi connectivity index (χ1v) is 7.33. The van der Waals surface area contributed by atoms with Gasteiger partial charge >= 0.3 is 5.97 Å². The predicted molar refractivity (Wildman–Crippen MR) is 82.0 cm³/mol. The molecule has 0 aliphatic heterocycles. The molecule has 3 aromatic rings. The van der Waals surface area contributed by atoms with Gasteiger partial charge in [0.2, 0.25) is 0 Å². The minimum atomic E-state index is -0.721. The van der Waals surface area contributed by atoms with Crippen LogP contribution in [0.1, 0.15) is 24.8 Å². The summed E-state index contributed by atoms with van der Waals surface area (Å²) < 4.78 is 1.91. The fourth-order valence-corrected chi connectivity index (χ4v) is 3.14. The van der Waals surface area contributed by atoms with E-state index in [0.29, 0.717) is 0 Å². The number of nitrogens with zero attached hydrogens (tertiary/aromatic N) is 3. The van der Waals surface area contributed by atoms with Crippen LogP contribution in [0.15, 0.2) is 48.9 Å². The number of pyridine rings is 1. The fourth-order valence-electron chi connectivity index (χ4n) is 3.14. The second-order valence-corrected chi connectivity index (χ2v) is 5.75. The van der Waals surface area contributed by atoms with E-state index in [2.05, 4.69) is 9.97 Å². The average molecular weight is 293 g/mol. The summed E-state index contributed by atoms with van der Waals surface area (Å²) in [5.74, 6) is -0.721. The number of aliphatic carboxylic acids is 1. The maximum absolute atomic E-state index is 11.6. The lowest BCUT2D eigenvalue weighted by Gasteiger charge is -2.38. The zero-order valence-corrected chi connectivity index (χ0v) is 11.9. The van der Waals surface area contributed by atoms with E-state index >= 15 is 0 Å². The van der Waals surface area contributed by atoms with Crippen LogP contribution < -0.4 is 0 Å². The number of imidazole rings is 1. The highest BCUT2D eigenvalue weighted by Crippen LogP contribution is 2.44. The summed E-state index contributed by atoms with van der Waals surface area (Å²) in [6.07, 6.45) is 5.89. The van der Waals surface area contributed by atoms with E-state index in [1.54, 1.807) is 12.5 Å². The molecule has 1 aromatic carbocycles. The molecule has 0 unspecified atom stereocenters. The summed E-state index contributed by atoms with van der Waals surface area (Å²) in [5.41, 5.74) is 2.77. The van der Waals surface area contributed by atoms with E-state index < -0.39 is 11.4 Å². The van der Waals surface area contributed by atoms with E-state index in [-0.39, 0.29) is 0 Å². The molecule has 1 saturated carbocycles. The average Bonchev–Trinajstić information content (AvgIpc) is 2.90. The standard InChI is InChI=1S/C17H15N3O2/c21-16(22)17(8-2-9-17)12-4-6-13(7-5-12)20-11-19-14-3-1-10-18-15(14)20/h1,3-7,10-11H,2,8-9H2,(H,21,22). The molecule has 0 radical (unpaired) electrons. The third-order valence-corrected chi connectivity index (χ3v) is 4.62. The van der Waals surface area contributed by atoms with Crippen LogP contribution in [0.3, 0.4) is 0 Å². The Labute approximate surface area is 127 Å². The number of hydrogen-bond donors (Lipinski definition) is 1. The Morgan fingerprint density at radius 3 is 2.55 bits per heavy atom. The summed E-state index contributed by atoms with van der Waals surface area (Å²) in [4.78, 5) is 20.2. The second-order valence-electron chi connectivity index (χ2n) is 5.75. The van der Waals surface area contributed by atoms with Crippen molar-refractivity contribution in [3.05, 3.63) is 54.5 Å². The van der Waals surface area contributed by atoms with Crippen molar-refractivity contribution in [2.24, 2.45) is 0 Å². The molecule has 1 aliphatic carbocycles. The number of fused-ring (bicyclic) bond motifs is 1. The number of benzene rings is 1. The monoisotopic (exact) mass is 293 g/mol. The molecule has 22 heavy (non-hydrogen) atoms. The zero-order valence-electron chi connectivity index (χ0n) is 11.9. The quantitative estimate of drug-likeness (QED) is 0.806. The summed E-state index contributed by atoms with van der Waals surface area (Å²) in [6, 6.07) is 11.5. The van der Waals surface area contributed by atoms with Crippen molar-refractivity contribution in [1.29, 1.82) is 0 Å². The van der Waals surface area contributed by atoms with Crippen LogP contribution in [-0.2, 0) is 10.2 Å². The lowest BCUT2D eigenvalue weighted by molar-refractivity contribution is -0.147. The highest BCUT2D eigenvalue weighted by molar-refractivity contribution is 5.82. The van der Waals surface area contributed by atoms with Crippen molar-refractivity contribution in [2.75, 3.05) is 0 Å². The Morgan fingerprint density at radius 1 is 1.14 bits per heavy atom. The lowest BCUT2D eigenvalue weighted by atomic mass is 9.64. The van der Waals surface area contributed by atoms with Gasteiger partial charge in [0.1, 0.15) is 11.8 Å². The lowest BCUT2D eigenvalue weighted by Crippen LogP contribution is -2.42. The van der Waals surface area contributed by atoms with Gasteiger partial charge in [-0.05, 0) is 42.7 Å². The Hall–Kier alpha value is -2.69. The molecule has 4 rings (SSSR count). The number of rotatable bonds is 3. The number of aromatic nitrogens is 3. The molecule has 0 amide bonds. The van der Waals surface area contributed by atoms with Gasteiger partial charge in [0, 0.05) is 11.9 Å². The van der Waals surface area contributed by atoms with Crippen LogP contribution in [0.2, 0.25) is 0 Å². The van der Waals surface area contributed by atoms with Gasteiger partial charge in [0.25, 0.3) is 0 Å². The smallest absolute Gasteiger partial charge is 0.314 e. The van der Waals surface area contributed by atoms with Crippen molar-refractivity contribution in [2.45, 2.75) is 24.7 Å². The van der Waals surface area contributed by atoms with E-state index in [1.165, 1.54) is 0 Å². The number of carbonyl (C=O) groups is 1. The van der Waals surface area contributed by atoms with Gasteiger partial charge in [0.15, 0.2) is 5.65 Å². The molecule has 0 saturated heterocycles. The topological polar surface area (TPSA) is 68.0 Å². The van der Waals surface area contributed by atoms with Gasteiger partial charge < -0.3 is 5.11 Å². The molecule has 0 spiro atoms. The van der Waals surface area contributed by atoms with Gasteiger partial charge in [-0.15, -0.1) is 0 Å². The van der Waals surface area contributed by atoms with E-state index in [1.807, 2.05) is 41.0 Å². The fraction of sp³-hybridized carbons (Fsp3) is 0.235. The van der Waals surface area contributed by atoms with Crippen molar-refractivity contribution < 1.29 is 9.90 Å². The summed E-state index contributed by atoms with van der Waals surface area (Å²) in [7, 11) is 0. The van der Waals surface area contributed by atoms with Gasteiger partial charge in [-0.3, -0.25) is 9.36 Å². The van der Waals surface area contributed by atoms with Gasteiger partial charge in [0.05, 0.1) is 5.41 Å². The molecule has 2 aromatic heterocycles. The van der Waals surface area contributed by atoms with Crippen molar-refractivity contribution in [3.8, 4) is 5.69 Å². The Balaban J connectivity index is 1.75. The molecule has 5 nitrogen and oxygen atoms in total. The van der Waals surface area contributed by atoms with Crippen LogP contribution in [0, 0.1) is 0 Å². The summed E-state index contributed by atoms with van der Waals surface area (Å²) in [5, 5.41) is 9.51. The second kappa shape index (κ2) is 4.66. The molecule has 0 bridgehead atoms. The molecule has 0 atom stereocenters. The molecule has 1 aliphatic rings. The van der Waals surface area contributed by atoms with Crippen molar-refractivity contribution >= 4 is 17.1 Å². The van der Waals surface area contributed by atoms with Crippen molar-refractivity contribution in [1.82, 2.24) is 14.5 Å². The number of carboxylic acids is 1. The third-order valence-electron chi connectivity index (χ3n) is 4.62. The molecule has 1 N–H and O–H groups in total.